The van der Waals surface area contributed by atoms with E-state index in [1.54, 1.807) is 13.2 Å². The molecule has 0 fully saturated rings. The van der Waals surface area contributed by atoms with Crippen LogP contribution in [0.15, 0.2) is 33.3 Å². The SMILES string of the molecule is COc1cc(Nc2ncc(Cl)cc2N)c(Br)cc1Br. The molecule has 3 N–H and O–H groups in total. The van der Waals surface area contributed by atoms with Crippen LogP contribution in [0.1, 0.15) is 0 Å². The summed E-state index contributed by atoms with van der Waals surface area (Å²) in [6.45, 7) is 0. The van der Waals surface area contributed by atoms with E-state index in [1.165, 1.54) is 6.20 Å². The molecule has 2 aromatic rings. The molecular weight excluding hydrogens is 397 g/mol. The molecule has 100 valence electrons. The van der Waals surface area contributed by atoms with Crippen LogP contribution in [0.5, 0.6) is 5.75 Å². The van der Waals surface area contributed by atoms with Crippen LogP contribution in [-0.4, -0.2) is 12.1 Å². The van der Waals surface area contributed by atoms with Crippen LogP contribution in [0.25, 0.3) is 0 Å². The monoisotopic (exact) mass is 405 g/mol. The highest BCUT2D eigenvalue weighted by atomic mass is 79.9. The maximum Gasteiger partial charge on any atom is 0.153 e. The zero-order valence-electron chi connectivity index (χ0n) is 9.88. The lowest BCUT2D eigenvalue weighted by atomic mass is 10.3. The Labute approximate surface area is 132 Å². The Balaban J connectivity index is 2.37. The third kappa shape index (κ3) is 3.32. The van der Waals surface area contributed by atoms with Gasteiger partial charge in [0.1, 0.15) is 5.75 Å². The Bertz CT molecular complexity index is 622. The second kappa shape index (κ2) is 5.98. The number of benzene rings is 1. The van der Waals surface area contributed by atoms with Gasteiger partial charge in [0.05, 0.1) is 28.0 Å². The van der Waals surface area contributed by atoms with Crippen molar-refractivity contribution in [3.63, 3.8) is 0 Å². The largest absolute Gasteiger partial charge is 0.495 e. The smallest absolute Gasteiger partial charge is 0.153 e. The van der Waals surface area contributed by atoms with E-state index in [1.807, 2.05) is 12.1 Å². The maximum atomic E-state index is 5.85. The summed E-state index contributed by atoms with van der Waals surface area (Å²) in [5.41, 5.74) is 7.12. The molecule has 0 aliphatic heterocycles. The average molecular weight is 407 g/mol. The molecule has 0 atom stereocenters. The number of rotatable bonds is 3. The Kier molecular flexibility index (Phi) is 4.54. The molecule has 0 saturated carbocycles. The van der Waals surface area contributed by atoms with Crippen LogP contribution in [-0.2, 0) is 0 Å². The van der Waals surface area contributed by atoms with Crippen LogP contribution < -0.4 is 15.8 Å². The zero-order valence-corrected chi connectivity index (χ0v) is 13.8. The molecule has 2 rings (SSSR count). The van der Waals surface area contributed by atoms with Crippen molar-refractivity contribution < 1.29 is 4.74 Å². The molecular formula is C12H10Br2ClN3O. The second-order valence-electron chi connectivity index (χ2n) is 3.68. The molecule has 0 saturated heterocycles. The van der Waals surface area contributed by atoms with Gasteiger partial charge in [0.25, 0.3) is 0 Å². The van der Waals surface area contributed by atoms with E-state index in [4.69, 9.17) is 22.1 Å². The molecule has 19 heavy (non-hydrogen) atoms. The van der Waals surface area contributed by atoms with Crippen molar-refractivity contribution in [2.24, 2.45) is 0 Å². The summed E-state index contributed by atoms with van der Waals surface area (Å²) in [5, 5.41) is 3.62. The second-order valence-corrected chi connectivity index (χ2v) is 5.83. The summed E-state index contributed by atoms with van der Waals surface area (Å²) in [6, 6.07) is 5.36. The van der Waals surface area contributed by atoms with E-state index < -0.39 is 0 Å². The van der Waals surface area contributed by atoms with Crippen molar-refractivity contribution >= 4 is 60.7 Å². The summed E-state index contributed by atoms with van der Waals surface area (Å²) in [5.74, 6) is 1.24. The minimum absolute atomic E-state index is 0.473. The van der Waals surface area contributed by atoms with Crippen LogP contribution >= 0.6 is 43.5 Å². The molecule has 1 aromatic heterocycles. The topological polar surface area (TPSA) is 60.2 Å². The zero-order chi connectivity index (χ0) is 14.0. The number of nitrogens with one attached hydrogen (secondary N) is 1. The van der Waals surface area contributed by atoms with Gasteiger partial charge in [-0.2, -0.15) is 0 Å². The molecule has 0 unspecified atom stereocenters. The van der Waals surface area contributed by atoms with Crippen molar-refractivity contribution in [3.8, 4) is 5.75 Å². The summed E-state index contributed by atoms with van der Waals surface area (Å²) < 4.78 is 6.96. The van der Waals surface area contributed by atoms with Gasteiger partial charge in [-0.05, 0) is 44.0 Å². The lowest BCUT2D eigenvalue weighted by Gasteiger charge is -2.12. The number of methoxy groups -OCH3 is 1. The lowest BCUT2D eigenvalue weighted by molar-refractivity contribution is 0.412. The first-order chi connectivity index (χ1) is 9.01. The number of hydrogen-bond acceptors (Lipinski definition) is 4. The van der Waals surface area contributed by atoms with Crippen LogP contribution in [0.2, 0.25) is 5.02 Å². The number of anilines is 3. The van der Waals surface area contributed by atoms with E-state index >= 15 is 0 Å². The predicted octanol–water partition coefficient (Wildman–Crippen LogP) is 4.59. The highest BCUT2D eigenvalue weighted by Crippen LogP contribution is 2.36. The van der Waals surface area contributed by atoms with Crippen molar-refractivity contribution in [2.45, 2.75) is 0 Å². The van der Waals surface area contributed by atoms with Crippen molar-refractivity contribution in [3.05, 3.63) is 38.4 Å². The number of nitrogen functional groups attached to an aromatic ring is 1. The summed E-state index contributed by atoms with van der Waals surface area (Å²) in [6.07, 6.45) is 1.53. The quantitative estimate of drug-likeness (QED) is 0.781. The first-order valence-electron chi connectivity index (χ1n) is 5.22. The van der Waals surface area contributed by atoms with Crippen molar-refractivity contribution in [1.82, 2.24) is 4.98 Å². The van der Waals surface area contributed by atoms with Gasteiger partial charge in [-0.3, -0.25) is 0 Å². The third-order valence-electron chi connectivity index (χ3n) is 2.38. The van der Waals surface area contributed by atoms with Crippen LogP contribution in [0, 0.1) is 0 Å². The van der Waals surface area contributed by atoms with Crippen LogP contribution in [0.4, 0.5) is 17.2 Å². The van der Waals surface area contributed by atoms with Gasteiger partial charge in [0, 0.05) is 16.7 Å². The Morgan fingerprint density at radius 3 is 2.63 bits per heavy atom. The number of hydrogen-bond donors (Lipinski definition) is 2. The van der Waals surface area contributed by atoms with E-state index in [9.17, 15) is 0 Å². The predicted molar refractivity (Wildman–Crippen MR) is 85.3 cm³/mol. The fourth-order valence-corrected chi connectivity index (χ4v) is 2.89. The first kappa shape index (κ1) is 14.4. The van der Waals surface area contributed by atoms with Gasteiger partial charge in [-0.15, -0.1) is 0 Å². The van der Waals surface area contributed by atoms with E-state index in [2.05, 4.69) is 42.2 Å². The first-order valence-corrected chi connectivity index (χ1v) is 7.18. The number of nitrogens with zero attached hydrogens (tertiary/aromatic N) is 1. The summed E-state index contributed by atoms with van der Waals surface area (Å²) in [4.78, 5) is 4.15. The average Bonchev–Trinajstić information content (AvgIpc) is 2.35. The maximum absolute atomic E-state index is 5.85. The van der Waals surface area contributed by atoms with Gasteiger partial charge < -0.3 is 15.8 Å². The molecule has 0 amide bonds. The number of aromatic nitrogens is 1. The summed E-state index contributed by atoms with van der Waals surface area (Å²) in [7, 11) is 1.60. The van der Waals surface area contributed by atoms with Gasteiger partial charge in [-0.1, -0.05) is 11.6 Å². The molecule has 0 aliphatic carbocycles. The normalized spacial score (nSPS) is 10.3. The molecule has 4 nitrogen and oxygen atoms in total. The number of nitrogens with two attached hydrogens (primary N) is 1. The van der Waals surface area contributed by atoms with Gasteiger partial charge in [0.2, 0.25) is 0 Å². The molecule has 7 heteroatoms. The van der Waals surface area contributed by atoms with E-state index in [-0.39, 0.29) is 0 Å². The third-order valence-corrected chi connectivity index (χ3v) is 3.86. The minimum atomic E-state index is 0.473. The van der Waals surface area contributed by atoms with Crippen molar-refractivity contribution in [2.75, 3.05) is 18.2 Å². The van der Waals surface area contributed by atoms with Gasteiger partial charge >= 0.3 is 0 Å². The van der Waals surface area contributed by atoms with Crippen LogP contribution in [0.3, 0.4) is 0 Å². The Morgan fingerprint density at radius 1 is 1.26 bits per heavy atom. The van der Waals surface area contributed by atoms with Gasteiger partial charge in [0.15, 0.2) is 5.82 Å². The highest BCUT2D eigenvalue weighted by molar-refractivity contribution is 9.11. The molecule has 1 heterocycles. The lowest BCUT2D eigenvalue weighted by Crippen LogP contribution is -2.00. The fraction of sp³-hybridized carbons (Fsp3) is 0.0833. The van der Waals surface area contributed by atoms with E-state index in [0.29, 0.717) is 22.3 Å². The highest BCUT2D eigenvalue weighted by Gasteiger charge is 2.09. The van der Waals surface area contributed by atoms with Gasteiger partial charge in [-0.25, -0.2) is 4.98 Å². The standard InChI is InChI=1S/C12H10Br2ClN3O/c1-19-11-4-10(7(13)3-8(11)14)18-12-9(16)2-6(15)5-17-12/h2-5H,16H2,1H3,(H,17,18). The molecule has 0 spiro atoms. The fourth-order valence-electron chi connectivity index (χ4n) is 1.47. The Morgan fingerprint density at radius 2 is 2.00 bits per heavy atom. The minimum Gasteiger partial charge on any atom is -0.495 e. The molecule has 1 aromatic carbocycles. The number of ether oxygens (including phenoxy) is 1. The number of halogens is 3. The van der Waals surface area contributed by atoms with Crippen molar-refractivity contribution in [1.29, 1.82) is 0 Å². The molecule has 0 bridgehead atoms. The number of pyridine rings is 1. The molecule has 0 aliphatic rings. The summed E-state index contributed by atoms with van der Waals surface area (Å²) >= 11 is 12.7. The Hall–Kier alpha value is -0.980. The van der Waals surface area contributed by atoms with E-state index in [0.717, 1.165) is 14.6 Å². The molecule has 0 radical (unpaired) electrons.